The molecule has 0 radical (unpaired) electrons. The molecule has 88 valence electrons. The summed E-state index contributed by atoms with van der Waals surface area (Å²) in [4.78, 5) is 32.4. The number of urea groups is 1. The van der Waals surface area contributed by atoms with E-state index in [1.54, 1.807) is 30.3 Å². The van der Waals surface area contributed by atoms with Crippen molar-refractivity contribution < 1.29 is 19.5 Å². The molecular weight excluding hydrogens is 224 g/mol. The number of hydrogen-bond acceptors (Lipinski definition) is 3. The Morgan fingerprint density at radius 1 is 1.06 bits per heavy atom. The summed E-state index contributed by atoms with van der Waals surface area (Å²) >= 11 is 0. The molecule has 17 heavy (non-hydrogen) atoms. The number of benzene rings is 1. The van der Waals surface area contributed by atoms with Crippen molar-refractivity contribution in [2.24, 2.45) is 0 Å². The first-order chi connectivity index (χ1) is 8.08. The van der Waals surface area contributed by atoms with Gasteiger partial charge in [-0.1, -0.05) is 18.2 Å². The van der Waals surface area contributed by atoms with Gasteiger partial charge in [0, 0.05) is 17.8 Å². The van der Waals surface area contributed by atoms with E-state index in [-0.39, 0.29) is 0 Å². The van der Waals surface area contributed by atoms with Crippen LogP contribution in [0.25, 0.3) is 0 Å². The molecule has 0 aliphatic rings. The standard InChI is InChI=1S/C11H10N2O4/c14-9(6-7-10(15)16)13-11(17)12-8-4-2-1-3-5-8/h1-7H,(H,15,16)(H2,12,13,14,17)/b7-6-. The molecule has 3 N–H and O–H groups in total. The number of carbonyl (C=O) groups is 3. The van der Waals surface area contributed by atoms with Crippen LogP contribution in [0.3, 0.4) is 0 Å². The van der Waals surface area contributed by atoms with Gasteiger partial charge >= 0.3 is 12.0 Å². The maximum atomic E-state index is 11.2. The summed E-state index contributed by atoms with van der Waals surface area (Å²) in [5.74, 6) is -2.07. The molecule has 0 atom stereocenters. The van der Waals surface area contributed by atoms with Gasteiger partial charge in [-0.25, -0.2) is 9.59 Å². The Morgan fingerprint density at radius 2 is 1.71 bits per heavy atom. The van der Waals surface area contributed by atoms with Gasteiger partial charge in [0.2, 0.25) is 0 Å². The first kappa shape index (κ1) is 12.4. The number of nitrogens with one attached hydrogen (secondary N) is 2. The van der Waals surface area contributed by atoms with Crippen molar-refractivity contribution in [1.82, 2.24) is 5.32 Å². The molecule has 1 rings (SSSR count). The van der Waals surface area contributed by atoms with Gasteiger partial charge in [0.25, 0.3) is 5.91 Å². The Labute approximate surface area is 96.9 Å². The van der Waals surface area contributed by atoms with Crippen LogP contribution in [0.4, 0.5) is 10.5 Å². The van der Waals surface area contributed by atoms with E-state index in [1.165, 1.54) is 0 Å². The van der Waals surface area contributed by atoms with Crippen molar-refractivity contribution in [3.05, 3.63) is 42.5 Å². The average Bonchev–Trinajstić information content (AvgIpc) is 2.27. The third-order valence-electron chi connectivity index (χ3n) is 1.65. The van der Waals surface area contributed by atoms with E-state index in [1.807, 2.05) is 5.32 Å². The van der Waals surface area contributed by atoms with Gasteiger partial charge in [-0.2, -0.15) is 0 Å². The molecule has 0 fully saturated rings. The summed E-state index contributed by atoms with van der Waals surface area (Å²) in [5, 5.41) is 12.6. The van der Waals surface area contributed by atoms with Crippen LogP contribution < -0.4 is 10.6 Å². The minimum absolute atomic E-state index is 0.528. The summed E-state index contributed by atoms with van der Waals surface area (Å²) in [6.07, 6.45) is 1.40. The van der Waals surface area contributed by atoms with Crippen molar-refractivity contribution in [3.8, 4) is 0 Å². The maximum Gasteiger partial charge on any atom is 0.328 e. The van der Waals surface area contributed by atoms with Crippen molar-refractivity contribution in [1.29, 1.82) is 0 Å². The van der Waals surface area contributed by atoms with Gasteiger partial charge in [0.05, 0.1) is 0 Å². The zero-order chi connectivity index (χ0) is 12.7. The molecule has 0 saturated heterocycles. The van der Waals surface area contributed by atoms with E-state index in [2.05, 4.69) is 5.32 Å². The summed E-state index contributed by atoms with van der Waals surface area (Å²) in [5.41, 5.74) is 0.528. The van der Waals surface area contributed by atoms with Crippen LogP contribution in [0.1, 0.15) is 0 Å². The number of carboxylic acids is 1. The normalized spacial score (nSPS) is 9.88. The van der Waals surface area contributed by atoms with Crippen LogP contribution >= 0.6 is 0 Å². The molecule has 6 nitrogen and oxygen atoms in total. The van der Waals surface area contributed by atoms with Gasteiger partial charge in [0.15, 0.2) is 0 Å². The topological polar surface area (TPSA) is 95.5 Å². The lowest BCUT2D eigenvalue weighted by atomic mass is 10.3. The van der Waals surface area contributed by atoms with Crippen LogP contribution in [-0.4, -0.2) is 23.0 Å². The zero-order valence-corrected chi connectivity index (χ0v) is 8.71. The predicted molar refractivity (Wildman–Crippen MR) is 60.4 cm³/mol. The lowest BCUT2D eigenvalue weighted by Crippen LogP contribution is -2.33. The number of aliphatic carboxylic acids is 1. The highest BCUT2D eigenvalue weighted by Crippen LogP contribution is 2.03. The molecule has 0 saturated carbocycles. The molecule has 0 bridgehead atoms. The van der Waals surface area contributed by atoms with Crippen LogP contribution in [0.15, 0.2) is 42.5 Å². The number of anilines is 1. The highest BCUT2D eigenvalue weighted by atomic mass is 16.4. The Morgan fingerprint density at radius 3 is 2.29 bits per heavy atom. The molecule has 6 heteroatoms. The van der Waals surface area contributed by atoms with E-state index in [0.29, 0.717) is 11.8 Å². The van der Waals surface area contributed by atoms with Crippen LogP contribution in [-0.2, 0) is 9.59 Å². The number of para-hydroxylation sites is 1. The van der Waals surface area contributed by atoms with Crippen LogP contribution in [0, 0.1) is 0 Å². The smallest absolute Gasteiger partial charge is 0.328 e. The Hall–Kier alpha value is -2.63. The molecule has 0 spiro atoms. The van der Waals surface area contributed by atoms with E-state index in [4.69, 9.17) is 5.11 Å². The first-order valence-electron chi connectivity index (χ1n) is 4.66. The second-order valence-corrected chi connectivity index (χ2v) is 2.98. The molecule has 0 aliphatic heterocycles. The maximum absolute atomic E-state index is 11.2. The van der Waals surface area contributed by atoms with E-state index < -0.39 is 17.9 Å². The molecule has 0 unspecified atom stereocenters. The second kappa shape index (κ2) is 6.06. The summed E-state index contributed by atoms with van der Waals surface area (Å²) in [6, 6.07) is 7.80. The molecule has 0 aliphatic carbocycles. The molecule has 1 aromatic carbocycles. The number of hydrogen-bond donors (Lipinski definition) is 3. The number of carboxylic acid groups (broad SMARTS) is 1. The Kier molecular flexibility index (Phi) is 4.44. The largest absolute Gasteiger partial charge is 0.478 e. The SMILES string of the molecule is O=C(O)/C=C\C(=O)NC(=O)Nc1ccccc1. The fraction of sp³-hybridized carbons (Fsp3) is 0. The zero-order valence-electron chi connectivity index (χ0n) is 8.71. The van der Waals surface area contributed by atoms with Gasteiger partial charge in [-0.05, 0) is 12.1 Å². The third-order valence-corrected chi connectivity index (χ3v) is 1.65. The number of carbonyl (C=O) groups excluding carboxylic acids is 2. The molecule has 0 heterocycles. The van der Waals surface area contributed by atoms with E-state index in [0.717, 1.165) is 6.08 Å². The number of amides is 3. The van der Waals surface area contributed by atoms with Gasteiger partial charge in [-0.3, -0.25) is 10.1 Å². The quantitative estimate of drug-likeness (QED) is 0.679. The van der Waals surface area contributed by atoms with Gasteiger partial charge in [-0.15, -0.1) is 0 Å². The minimum atomic E-state index is -1.26. The van der Waals surface area contributed by atoms with E-state index >= 15 is 0 Å². The monoisotopic (exact) mass is 234 g/mol. The summed E-state index contributed by atoms with van der Waals surface area (Å²) in [7, 11) is 0. The fourth-order valence-electron chi connectivity index (χ4n) is 0.984. The Balaban J connectivity index is 2.45. The number of rotatable bonds is 3. The first-order valence-corrected chi connectivity index (χ1v) is 4.66. The lowest BCUT2D eigenvalue weighted by Gasteiger charge is -2.04. The predicted octanol–water partition coefficient (Wildman–Crippen LogP) is 0.975. The highest BCUT2D eigenvalue weighted by molar-refractivity contribution is 6.06. The molecule has 0 aromatic heterocycles. The van der Waals surface area contributed by atoms with Gasteiger partial charge < -0.3 is 10.4 Å². The third kappa shape index (κ3) is 5.12. The van der Waals surface area contributed by atoms with Crippen LogP contribution in [0.2, 0.25) is 0 Å². The molecule has 3 amide bonds. The molecular formula is C11H10N2O4. The minimum Gasteiger partial charge on any atom is -0.478 e. The summed E-state index contributed by atoms with van der Waals surface area (Å²) in [6.45, 7) is 0. The average molecular weight is 234 g/mol. The number of imide groups is 1. The van der Waals surface area contributed by atoms with Crippen molar-refractivity contribution in [2.75, 3.05) is 5.32 Å². The highest BCUT2D eigenvalue weighted by Gasteiger charge is 2.04. The lowest BCUT2D eigenvalue weighted by molar-refractivity contribution is -0.131. The second-order valence-electron chi connectivity index (χ2n) is 2.98. The van der Waals surface area contributed by atoms with Gasteiger partial charge in [0.1, 0.15) is 0 Å². The van der Waals surface area contributed by atoms with Crippen LogP contribution in [0.5, 0.6) is 0 Å². The van der Waals surface area contributed by atoms with Crippen molar-refractivity contribution >= 4 is 23.6 Å². The Bertz CT molecular complexity index is 454. The van der Waals surface area contributed by atoms with Crippen molar-refractivity contribution in [2.45, 2.75) is 0 Å². The summed E-state index contributed by atoms with van der Waals surface area (Å²) < 4.78 is 0. The fourth-order valence-corrected chi connectivity index (χ4v) is 0.984. The van der Waals surface area contributed by atoms with Crippen molar-refractivity contribution in [3.63, 3.8) is 0 Å². The van der Waals surface area contributed by atoms with E-state index in [9.17, 15) is 14.4 Å². The molecule has 1 aromatic rings.